The fourth-order valence-corrected chi connectivity index (χ4v) is 7.03. The fraction of sp³-hybridized carbons (Fsp3) is 0.429. The van der Waals surface area contributed by atoms with Crippen molar-refractivity contribution in [1.82, 2.24) is 30.3 Å². The molecule has 0 bridgehead atoms. The van der Waals surface area contributed by atoms with Crippen LogP contribution in [-0.4, -0.2) is 75.3 Å². The lowest BCUT2D eigenvalue weighted by atomic mass is 9.74. The summed E-state index contributed by atoms with van der Waals surface area (Å²) in [6.07, 6.45) is 3.98. The van der Waals surface area contributed by atoms with Crippen LogP contribution in [-0.2, 0) is 45.7 Å². The van der Waals surface area contributed by atoms with Gasteiger partial charge >= 0.3 is 0 Å². The second-order valence-corrected chi connectivity index (χ2v) is 15.1. The molecule has 12 nitrogen and oxygen atoms in total. The molecule has 4 N–H and O–H groups in total. The molecule has 12 heteroatoms. The van der Waals surface area contributed by atoms with Gasteiger partial charge in [-0.1, -0.05) is 71.0 Å². The van der Waals surface area contributed by atoms with Gasteiger partial charge in [0, 0.05) is 49.2 Å². The summed E-state index contributed by atoms with van der Waals surface area (Å²) in [6.45, 7) is 11.7. The number of carbonyl (C=O) groups excluding carboxylic acids is 4. The number of pyridine rings is 1. The number of hydrogen-bond donors (Lipinski definition) is 4. The van der Waals surface area contributed by atoms with Gasteiger partial charge in [0.15, 0.2) is 0 Å². The highest BCUT2D eigenvalue weighted by Gasteiger charge is 2.44. The van der Waals surface area contributed by atoms with Crippen molar-refractivity contribution in [1.29, 1.82) is 0 Å². The molecule has 1 aliphatic heterocycles. The quantitative estimate of drug-likeness (QED) is 0.127. The maximum atomic E-state index is 14.7. The van der Waals surface area contributed by atoms with E-state index in [1.54, 1.807) is 34.2 Å². The van der Waals surface area contributed by atoms with Crippen LogP contribution < -0.4 is 16.0 Å². The second kappa shape index (κ2) is 17.6. The average Bonchev–Trinajstić information content (AvgIpc) is 3.67. The molecule has 2 aromatic heterocycles. The lowest BCUT2D eigenvalue weighted by Crippen LogP contribution is -2.52. The molecule has 0 radical (unpaired) electrons. The van der Waals surface area contributed by atoms with Crippen LogP contribution >= 0.6 is 0 Å². The standard InChI is InChI=1S/C42H54N8O4/c1-7-29-16-17-33(23-32(29)24-37(51)46-36-15-11-12-20-44-36)45-38(52)28-50(27-31-14-10-9-13-30(31)26-43-6)40(54)42(8-2)18-21-49(22-19-42)39(53)34-25-35(48-47-34)41(3,4)5/h9-17,20,23,25,43H,7-8,18-19,21-22,24,26-28H2,1-6H3,(H,45,52)(H,47,48)(H,44,46,51). The van der Waals surface area contributed by atoms with Crippen LogP contribution in [0.2, 0.25) is 0 Å². The molecule has 5 rings (SSSR count). The molecule has 2 aromatic carbocycles. The highest BCUT2D eigenvalue weighted by Crippen LogP contribution is 2.38. The zero-order valence-corrected chi connectivity index (χ0v) is 32.4. The molecule has 1 saturated heterocycles. The minimum Gasteiger partial charge on any atom is -0.337 e. The molecule has 4 aromatic rings. The van der Waals surface area contributed by atoms with Gasteiger partial charge in [-0.25, -0.2) is 4.98 Å². The van der Waals surface area contributed by atoms with Crippen molar-refractivity contribution in [3.05, 3.63) is 107 Å². The topological polar surface area (TPSA) is 152 Å². The third-order valence-electron chi connectivity index (χ3n) is 10.4. The maximum absolute atomic E-state index is 14.7. The summed E-state index contributed by atoms with van der Waals surface area (Å²) >= 11 is 0. The first-order valence-electron chi connectivity index (χ1n) is 18.8. The first-order valence-corrected chi connectivity index (χ1v) is 18.8. The van der Waals surface area contributed by atoms with Crippen molar-refractivity contribution < 1.29 is 19.2 Å². The van der Waals surface area contributed by atoms with E-state index in [1.165, 1.54) is 0 Å². The van der Waals surface area contributed by atoms with Crippen LogP contribution in [0.25, 0.3) is 0 Å². The molecule has 286 valence electrons. The first-order chi connectivity index (χ1) is 25.8. The van der Waals surface area contributed by atoms with Gasteiger partial charge in [0.1, 0.15) is 18.1 Å². The Morgan fingerprint density at radius 1 is 0.870 bits per heavy atom. The summed E-state index contributed by atoms with van der Waals surface area (Å²) in [5, 5.41) is 16.3. The van der Waals surface area contributed by atoms with Crippen LogP contribution in [0, 0.1) is 5.41 Å². The molecule has 0 spiro atoms. The van der Waals surface area contributed by atoms with Crippen molar-refractivity contribution in [3.63, 3.8) is 0 Å². The van der Waals surface area contributed by atoms with E-state index in [1.807, 2.05) is 69.4 Å². The summed E-state index contributed by atoms with van der Waals surface area (Å²) in [5.74, 6) is -0.330. The van der Waals surface area contributed by atoms with Gasteiger partial charge in [0.25, 0.3) is 5.91 Å². The Hall–Kier alpha value is -5.36. The summed E-state index contributed by atoms with van der Waals surface area (Å²) in [4.78, 5) is 62.6. The van der Waals surface area contributed by atoms with E-state index in [0.717, 1.165) is 34.4 Å². The van der Waals surface area contributed by atoms with Crippen molar-refractivity contribution in [3.8, 4) is 0 Å². The van der Waals surface area contributed by atoms with Crippen molar-refractivity contribution in [2.24, 2.45) is 5.41 Å². The number of benzene rings is 2. The number of anilines is 2. The number of H-pyrrole nitrogens is 1. The number of nitrogens with zero attached hydrogens (tertiary/aromatic N) is 4. The van der Waals surface area contributed by atoms with E-state index in [0.29, 0.717) is 56.1 Å². The molecule has 0 aliphatic carbocycles. The number of piperidine rings is 1. The Kier molecular flexibility index (Phi) is 13.0. The normalized spacial score (nSPS) is 14.0. The van der Waals surface area contributed by atoms with Gasteiger partial charge in [-0.15, -0.1) is 0 Å². The smallest absolute Gasteiger partial charge is 0.274 e. The molecule has 3 heterocycles. The summed E-state index contributed by atoms with van der Waals surface area (Å²) in [6, 6.07) is 20.6. The molecule has 0 atom stereocenters. The van der Waals surface area contributed by atoms with E-state index in [2.05, 4.69) is 51.9 Å². The van der Waals surface area contributed by atoms with Crippen molar-refractivity contribution in [2.75, 3.05) is 37.3 Å². The number of hydrogen-bond acceptors (Lipinski definition) is 7. The Morgan fingerprint density at radius 3 is 2.22 bits per heavy atom. The monoisotopic (exact) mass is 734 g/mol. The molecule has 1 aliphatic rings. The van der Waals surface area contributed by atoms with Crippen LogP contribution in [0.4, 0.5) is 11.5 Å². The zero-order chi connectivity index (χ0) is 38.9. The van der Waals surface area contributed by atoms with Gasteiger partial charge in [-0.2, -0.15) is 5.10 Å². The molecular weight excluding hydrogens is 681 g/mol. The number of aryl methyl sites for hydroxylation is 1. The van der Waals surface area contributed by atoms with Crippen LogP contribution in [0.15, 0.2) is 72.9 Å². The van der Waals surface area contributed by atoms with Gasteiger partial charge in [0.05, 0.1) is 11.8 Å². The van der Waals surface area contributed by atoms with Gasteiger partial charge in [0.2, 0.25) is 17.7 Å². The van der Waals surface area contributed by atoms with Crippen LogP contribution in [0.3, 0.4) is 0 Å². The molecule has 1 fully saturated rings. The van der Waals surface area contributed by atoms with Gasteiger partial charge in [-0.3, -0.25) is 24.3 Å². The predicted molar refractivity (Wildman–Crippen MR) is 211 cm³/mol. The van der Waals surface area contributed by atoms with E-state index >= 15 is 0 Å². The van der Waals surface area contributed by atoms with E-state index in [-0.39, 0.29) is 48.6 Å². The van der Waals surface area contributed by atoms with Crippen molar-refractivity contribution in [2.45, 2.75) is 85.2 Å². The molecule has 4 amide bonds. The first kappa shape index (κ1) is 39.8. The minimum atomic E-state index is -0.742. The Morgan fingerprint density at radius 2 is 1.59 bits per heavy atom. The number of rotatable bonds is 14. The summed E-state index contributed by atoms with van der Waals surface area (Å²) in [5.41, 5.74) is 4.69. The molecular formula is C42H54N8O4. The summed E-state index contributed by atoms with van der Waals surface area (Å²) in [7, 11) is 1.88. The third kappa shape index (κ3) is 9.79. The Balaban J connectivity index is 1.33. The number of likely N-dealkylation sites (tertiary alicyclic amines) is 1. The maximum Gasteiger partial charge on any atom is 0.274 e. The predicted octanol–water partition coefficient (Wildman–Crippen LogP) is 5.87. The highest BCUT2D eigenvalue weighted by molar-refractivity contribution is 5.96. The Labute approximate surface area is 318 Å². The molecule has 54 heavy (non-hydrogen) atoms. The lowest BCUT2D eigenvalue weighted by Gasteiger charge is -2.42. The van der Waals surface area contributed by atoms with E-state index in [9.17, 15) is 19.2 Å². The number of amides is 4. The van der Waals surface area contributed by atoms with Gasteiger partial charge in [-0.05, 0) is 85.3 Å². The highest BCUT2D eigenvalue weighted by atomic mass is 16.2. The molecule has 0 saturated carbocycles. The fourth-order valence-electron chi connectivity index (χ4n) is 7.03. The summed E-state index contributed by atoms with van der Waals surface area (Å²) < 4.78 is 0. The number of carbonyl (C=O) groups is 4. The zero-order valence-electron chi connectivity index (χ0n) is 32.4. The number of nitrogens with one attached hydrogen (secondary N) is 4. The SMILES string of the molecule is CCc1ccc(NC(=O)CN(Cc2ccccc2CNC)C(=O)C2(CC)CCN(C(=O)c3cc(C(C)(C)C)[nH]n3)CC2)cc1CC(=O)Nc1ccccn1. The van der Waals surface area contributed by atoms with Crippen molar-refractivity contribution >= 4 is 35.1 Å². The number of aromatic nitrogens is 3. The largest absolute Gasteiger partial charge is 0.337 e. The van der Waals surface area contributed by atoms with Crippen LogP contribution in [0.5, 0.6) is 0 Å². The minimum absolute atomic E-state index is 0.102. The van der Waals surface area contributed by atoms with E-state index in [4.69, 9.17) is 0 Å². The Bertz CT molecular complexity index is 1930. The number of aromatic amines is 1. The second-order valence-electron chi connectivity index (χ2n) is 15.1. The average molecular weight is 735 g/mol. The van der Waals surface area contributed by atoms with Crippen LogP contribution in [0.1, 0.15) is 92.3 Å². The third-order valence-corrected chi connectivity index (χ3v) is 10.4. The van der Waals surface area contributed by atoms with E-state index < -0.39 is 5.41 Å². The lowest BCUT2D eigenvalue weighted by molar-refractivity contribution is -0.147. The molecule has 0 unspecified atom stereocenters. The van der Waals surface area contributed by atoms with Gasteiger partial charge < -0.3 is 25.8 Å².